The number of para-hydroxylation sites is 1. The Bertz CT molecular complexity index is 1370. The fourth-order valence-electron chi connectivity index (χ4n) is 4.93. The van der Waals surface area contributed by atoms with Crippen LogP contribution in [0.2, 0.25) is 0 Å². The van der Waals surface area contributed by atoms with Crippen LogP contribution in [-0.2, 0) is 19.9 Å². The van der Waals surface area contributed by atoms with Crippen molar-refractivity contribution in [3.05, 3.63) is 107 Å². The standard InChI is InChI=1S/C27H21N/c1-28-26-12-5-4-10-23(26)24-14-13-18(16-27(24)28)15-19-8-6-11-22-21-9-3-2-7-20(21)17-25(19)22/h2-14,16H,15,17H2,1H3. The molecule has 4 aromatic carbocycles. The van der Waals surface area contributed by atoms with Crippen molar-refractivity contribution in [2.75, 3.05) is 0 Å². The van der Waals surface area contributed by atoms with Crippen LogP contribution in [0.1, 0.15) is 22.3 Å². The molecule has 1 aliphatic rings. The second kappa shape index (κ2) is 5.84. The van der Waals surface area contributed by atoms with Crippen molar-refractivity contribution < 1.29 is 0 Å². The zero-order chi connectivity index (χ0) is 18.7. The van der Waals surface area contributed by atoms with Gasteiger partial charge in [-0.25, -0.2) is 0 Å². The summed E-state index contributed by atoms with van der Waals surface area (Å²) in [4.78, 5) is 0. The Hall–Kier alpha value is -3.32. The van der Waals surface area contributed by atoms with Crippen molar-refractivity contribution in [3.63, 3.8) is 0 Å². The van der Waals surface area contributed by atoms with E-state index in [-0.39, 0.29) is 0 Å². The van der Waals surface area contributed by atoms with Gasteiger partial charge in [-0.1, -0.05) is 72.8 Å². The quantitative estimate of drug-likeness (QED) is 0.333. The summed E-state index contributed by atoms with van der Waals surface area (Å²) in [6.07, 6.45) is 2.03. The predicted molar refractivity (Wildman–Crippen MR) is 118 cm³/mol. The minimum atomic E-state index is 0.981. The largest absolute Gasteiger partial charge is 0.344 e. The lowest BCUT2D eigenvalue weighted by Gasteiger charge is -2.09. The Kier molecular flexibility index (Phi) is 3.28. The smallest absolute Gasteiger partial charge is 0.0491 e. The minimum absolute atomic E-state index is 0.981. The third kappa shape index (κ3) is 2.20. The molecule has 1 heteroatoms. The molecular weight excluding hydrogens is 338 g/mol. The maximum atomic E-state index is 2.37. The van der Waals surface area contributed by atoms with Crippen molar-refractivity contribution in [1.29, 1.82) is 0 Å². The van der Waals surface area contributed by atoms with Crippen LogP contribution in [0.25, 0.3) is 32.9 Å². The zero-order valence-corrected chi connectivity index (χ0v) is 15.9. The van der Waals surface area contributed by atoms with E-state index >= 15 is 0 Å². The molecule has 0 radical (unpaired) electrons. The normalized spacial score (nSPS) is 12.5. The average Bonchev–Trinajstić information content (AvgIpc) is 3.25. The first-order chi connectivity index (χ1) is 13.8. The zero-order valence-electron chi connectivity index (χ0n) is 15.9. The first-order valence-electron chi connectivity index (χ1n) is 9.95. The molecule has 6 rings (SSSR count). The van der Waals surface area contributed by atoms with E-state index in [1.807, 2.05) is 0 Å². The molecule has 1 aromatic heterocycles. The van der Waals surface area contributed by atoms with Crippen molar-refractivity contribution >= 4 is 21.8 Å². The minimum Gasteiger partial charge on any atom is -0.344 e. The molecule has 1 nitrogen and oxygen atoms in total. The van der Waals surface area contributed by atoms with Gasteiger partial charge in [0, 0.05) is 28.9 Å². The molecule has 0 atom stereocenters. The van der Waals surface area contributed by atoms with Crippen LogP contribution in [0.15, 0.2) is 84.9 Å². The molecule has 0 spiro atoms. The second-order valence-electron chi connectivity index (χ2n) is 7.88. The summed E-state index contributed by atoms with van der Waals surface area (Å²) in [7, 11) is 2.17. The van der Waals surface area contributed by atoms with Crippen molar-refractivity contribution in [1.82, 2.24) is 4.57 Å². The molecule has 0 amide bonds. The molecule has 0 saturated heterocycles. The Morgan fingerprint density at radius 3 is 2.46 bits per heavy atom. The summed E-state index contributed by atoms with van der Waals surface area (Å²) in [5.41, 5.74) is 11.2. The molecule has 5 aromatic rings. The summed E-state index contributed by atoms with van der Waals surface area (Å²) < 4.78 is 2.32. The van der Waals surface area contributed by atoms with Gasteiger partial charge in [-0.05, 0) is 58.4 Å². The van der Waals surface area contributed by atoms with Gasteiger partial charge in [0.05, 0.1) is 0 Å². The second-order valence-corrected chi connectivity index (χ2v) is 7.88. The Balaban J connectivity index is 1.45. The van der Waals surface area contributed by atoms with E-state index in [9.17, 15) is 0 Å². The van der Waals surface area contributed by atoms with E-state index in [2.05, 4.69) is 96.5 Å². The number of hydrogen-bond acceptors (Lipinski definition) is 0. The molecule has 0 fully saturated rings. The van der Waals surface area contributed by atoms with Crippen molar-refractivity contribution in [3.8, 4) is 11.1 Å². The molecular formula is C27H21N. The van der Waals surface area contributed by atoms with Crippen LogP contribution in [0.3, 0.4) is 0 Å². The Morgan fingerprint density at radius 1 is 0.714 bits per heavy atom. The van der Waals surface area contributed by atoms with Gasteiger partial charge in [0.25, 0.3) is 0 Å². The van der Waals surface area contributed by atoms with Gasteiger partial charge >= 0.3 is 0 Å². The predicted octanol–water partition coefficient (Wildman–Crippen LogP) is 6.49. The summed E-state index contributed by atoms with van der Waals surface area (Å²) in [5.74, 6) is 0. The van der Waals surface area contributed by atoms with Gasteiger partial charge in [0.2, 0.25) is 0 Å². The van der Waals surface area contributed by atoms with E-state index in [0.717, 1.165) is 12.8 Å². The summed E-state index contributed by atoms with van der Waals surface area (Å²) in [5, 5.41) is 2.68. The van der Waals surface area contributed by atoms with E-state index in [1.54, 1.807) is 0 Å². The first kappa shape index (κ1) is 15.7. The lowest BCUT2D eigenvalue weighted by Crippen LogP contribution is -1.95. The highest BCUT2D eigenvalue weighted by Gasteiger charge is 2.20. The summed E-state index contributed by atoms with van der Waals surface area (Å²) >= 11 is 0. The number of aromatic nitrogens is 1. The van der Waals surface area contributed by atoms with Crippen LogP contribution in [0, 0.1) is 0 Å². The molecule has 0 unspecified atom stereocenters. The highest BCUT2D eigenvalue weighted by molar-refractivity contribution is 6.08. The summed E-state index contributed by atoms with van der Waals surface area (Å²) in [6.45, 7) is 0. The highest BCUT2D eigenvalue weighted by Crippen LogP contribution is 2.39. The number of nitrogens with zero attached hydrogens (tertiary/aromatic N) is 1. The maximum absolute atomic E-state index is 2.37. The van der Waals surface area contributed by atoms with Crippen LogP contribution >= 0.6 is 0 Å². The van der Waals surface area contributed by atoms with Gasteiger partial charge in [0.15, 0.2) is 0 Å². The SMILES string of the molecule is Cn1c2ccccc2c2ccc(Cc3cccc4c3Cc3ccccc3-4)cc21. The fourth-order valence-corrected chi connectivity index (χ4v) is 4.93. The maximum Gasteiger partial charge on any atom is 0.0491 e. The molecule has 0 N–H and O–H groups in total. The van der Waals surface area contributed by atoms with Crippen molar-refractivity contribution in [2.45, 2.75) is 12.8 Å². The summed E-state index contributed by atoms with van der Waals surface area (Å²) in [6, 6.07) is 31.3. The van der Waals surface area contributed by atoms with Gasteiger partial charge in [-0.15, -0.1) is 0 Å². The molecule has 28 heavy (non-hydrogen) atoms. The average molecular weight is 359 g/mol. The van der Waals surface area contributed by atoms with E-state index in [4.69, 9.17) is 0 Å². The van der Waals surface area contributed by atoms with Gasteiger partial charge in [-0.2, -0.15) is 0 Å². The number of benzene rings is 4. The fraction of sp³-hybridized carbons (Fsp3) is 0.111. The Labute approximate surface area is 164 Å². The molecule has 1 aliphatic carbocycles. The van der Waals surface area contributed by atoms with Crippen LogP contribution in [-0.4, -0.2) is 4.57 Å². The number of rotatable bonds is 2. The first-order valence-corrected chi connectivity index (χ1v) is 9.95. The van der Waals surface area contributed by atoms with Gasteiger partial charge in [0.1, 0.15) is 0 Å². The third-order valence-corrected chi connectivity index (χ3v) is 6.32. The number of hydrogen-bond donors (Lipinski definition) is 0. The van der Waals surface area contributed by atoms with E-state index in [1.165, 1.54) is 55.2 Å². The van der Waals surface area contributed by atoms with Crippen LogP contribution < -0.4 is 0 Å². The van der Waals surface area contributed by atoms with Crippen LogP contribution in [0.4, 0.5) is 0 Å². The molecule has 1 heterocycles. The van der Waals surface area contributed by atoms with E-state index < -0.39 is 0 Å². The number of aryl methyl sites for hydroxylation is 1. The Morgan fingerprint density at radius 2 is 1.50 bits per heavy atom. The highest BCUT2D eigenvalue weighted by atomic mass is 14.9. The third-order valence-electron chi connectivity index (χ3n) is 6.32. The lowest BCUT2D eigenvalue weighted by molar-refractivity contribution is 1.01. The van der Waals surface area contributed by atoms with Gasteiger partial charge < -0.3 is 4.57 Å². The van der Waals surface area contributed by atoms with Crippen molar-refractivity contribution in [2.24, 2.45) is 7.05 Å². The molecule has 0 bridgehead atoms. The topological polar surface area (TPSA) is 4.93 Å². The molecule has 0 saturated carbocycles. The number of fused-ring (bicyclic) bond motifs is 6. The lowest BCUT2D eigenvalue weighted by atomic mass is 9.95. The molecule has 0 aliphatic heterocycles. The van der Waals surface area contributed by atoms with Gasteiger partial charge in [-0.3, -0.25) is 0 Å². The monoisotopic (exact) mass is 359 g/mol. The molecule has 134 valence electrons. The van der Waals surface area contributed by atoms with Crippen LogP contribution in [0.5, 0.6) is 0 Å². The van der Waals surface area contributed by atoms with E-state index in [0.29, 0.717) is 0 Å².